The number of anilines is 1. The standard InChI is InChI=1S/C15H19FN2O/c1-2-18(12-15-4-3-11-19-15)10-9-17-14-7-5-13(16)6-8-14/h3-8,11,17H,2,9-10,12H2,1H3. The van der Waals surface area contributed by atoms with E-state index in [1.54, 1.807) is 18.4 Å². The topological polar surface area (TPSA) is 28.4 Å². The van der Waals surface area contributed by atoms with Crippen molar-refractivity contribution in [1.82, 2.24) is 4.90 Å². The summed E-state index contributed by atoms with van der Waals surface area (Å²) in [5.41, 5.74) is 0.940. The Bertz CT molecular complexity index is 467. The molecule has 1 aromatic heterocycles. The lowest BCUT2D eigenvalue weighted by Crippen LogP contribution is -2.28. The van der Waals surface area contributed by atoms with Crippen LogP contribution in [0.4, 0.5) is 10.1 Å². The Kier molecular flexibility index (Phi) is 4.98. The van der Waals surface area contributed by atoms with Gasteiger partial charge in [0, 0.05) is 18.8 Å². The number of halogens is 1. The lowest BCUT2D eigenvalue weighted by molar-refractivity contribution is 0.265. The zero-order valence-electron chi connectivity index (χ0n) is 11.1. The van der Waals surface area contributed by atoms with Gasteiger partial charge in [0.05, 0.1) is 12.8 Å². The fourth-order valence-corrected chi connectivity index (χ4v) is 1.90. The largest absolute Gasteiger partial charge is 0.468 e. The molecule has 1 heterocycles. The third kappa shape index (κ3) is 4.41. The molecule has 0 aliphatic rings. The number of likely N-dealkylation sites (N-methyl/N-ethyl adjacent to an activating group) is 1. The minimum atomic E-state index is -0.210. The summed E-state index contributed by atoms with van der Waals surface area (Å²) in [6.07, 6.45) is 1.69. The Morgan fingerprint density at radius 1 is 1.21 bits per heavy atom. The van der Waals surface area contributed by atoms with Crippen molar-refractivity contribution in [2.75, 3.05) is 25.0 Å². The predicted molar refractivity (Wildman–Crippen MR) is 74.5 cm³/mol. The average Bonchev–Trinajstić information content (AvgIpc) is 2.93. The summed E-state index contributed by atoms with van der Waals surface area (Å²) in [7, 11) is 0. The molecule has 0 amide bonds. The number of nitrogens with zero attached hydrogens (tertiary/aromatic N) is 1. The first kappa shape index (κ1) is 13.6. The molecule has 0 atom stereocenters. The van der Waals surface area contributed by atoms with Crippen LogP contribution in [0.2, 0.25) is 0 Å². The van der Waals surface area contributed by atoms with Crippen molar-refractivity contribution in [3.05, 3.63) is 54.2 Å². The Labute approximate surface area is 113 Å². The number of benzene rings is 1. The molecule has 4 heteroatoms. The summed E-state index contributed by atoms with van der Waals surface area (Å²) in [5, 5.41) is 3.28. The minimum Gasteiger partial charge on any atom is -0.468 e. The maximum Gasteiger partial charge on any atom is 0.123 e. The predicted octanol–water partition coefficient (Wildman–Crippen LogP) is 3.35. The van der Waals surface area contributed by atoms with E-state index in [2.05, 4.69) is 17.1 Å². The molecule has 1 N–H and O–H groups in total. The van der Waals surface area contributed by atoms with Crippen LogP contribution in [-0.4, -0.2) is 24.5 Å². The molecule has 0 bridgehead atoms. The summed E-state index contributed by atoms with van der Waals surface area (Å²) in [4.78, 5) is 2.29. The molecule has 0 aliphatic heterocycles. The molecule has 3 nitrogen and oxygen atoms in total. The molecule has 2 rings (SSSR count). The average molecular weight is 262 g/mol. The van der Waals surface area contributed by atoms with Crippen LogP contribution in [0.1, 0.15) is 12.7 Å². The maximum atomic E-state index is 12.8. The second kappa shape index (κ2) is 6.95. The smallest absolute Gasteiger partial charge is 0.123 e. The van der Waals surface area contributed by atoms with Gasteiger partial charge < -0.3 is 9.73 Å². The van der Waals surface area contributed by atoms with Crippen LogP contribution in [0.5, 0.6) is 0 Å². The molecule has 0 fully saturated rings. The van der Waals surface area contributed by atoms with Gasteiger partial charge >= 0.3 is 0 Å². The highest BCUT2D eigenvalue weighted by molar-refractivity contribution is 5.42. The second-order valence-electron chi connectivity index (χ2n) is 4.38. The van der Waals surface area contributed by atoms with Gasteiger partial charge in [0.15, 0.2) is 0 Å². The highest BCUT2D eigenvalue weighted by Crippen LogP contribution is 2.08. The monoisotopic (exact) mass is 262 g/mol. The van der Waals surface area contributed by atoms with Crippen molar-refractivity contribution in [3.63, 3.8) is 0 Å². The lowest BCUT2D eigenvalue weighted by atomic mass is 10.3. The van der Waals surface area contributed by atoms with Crippen LogP contribution in [0.15, 0.2) is 47.1 Å². The van der Waals surface area contributed by atoms with Crippen LogP contribution < -0.4 is 5.32 Å². The van der Waals surface area contributed by atoms with Crippen molar-refractivity contribution < 1.29 is 8.81 Å². The van der Waals surface area contributed by atoms with E-state index < -0.39 is 0 Å². The summed E-state index contributed by atoms with van der Waals surface area (Å²) in [6.45, 7) is 5.63. The first-order valence-corrected chi connectivity index (χ1v) is 6.52. The van der Waals surface area contributed by atoms with Crippen LogP contribution in [0.25, 0.3) is 0 Å². The summed E-state index contributed by atoms with van der Waals surface area (Å²) in [5.74, 6) is 0.766. The third-order valence-electron chi connectivity index (χ3n) is 3.01. The Morgan fingerprint density at radius 2 is 2.00 bits per heavy atom. The molecular weight excluding hydrogens is 243 g/mol. The first-order valence-electron chi connectivity index (χ1n) is 6.52. The molecule has 102 valence electrons. The molecule has 0 aliphatic carbocycles. The Hall–Kier alpha value is -1.81. The molecule has 1 aromatic carbocycles. The molecule has 0 radical (unpaired) electrons. The van der Waals surface area contributed by atoms with E-state index in [0.29, 0.717) is 0 Å². The van der Waals surface area contributed by atoms with Gasteiger partial charge in [-0.3, -0.25) is 4.90 Å². The molecule has 2 aromatic rings. The Balaban J connectivity index is 1.75. The van der Waals surface area contributed by atoms with E-state index in [1.165, 1.54) is 12.1 Å². The molecular formula is C15H19FN2O. The number of furan rings is 1. The molecule has 0 saturated carbocycles. The number of rotatable bonds is 7. The third-order valence-corrected chi connectivity index (χ3v) is 3.01. The highest BCUT2D eigenvalue weighted by atomic mass is 19.1. The fourth-order valence-electron chi connectivity index (χ4n) is 1.90. The summed E-state index contributed by atoms with van der Waals surface area (Å²) >= 11 is 0. The molecule has 19 heavy (non-hydrogen) atoms. The van der Waals surface area contributed by atoms with Crippen LogP contribution in [0, 0.1) is 5.82 Å². The van der Waals surface area contributed by atoms with Gasteiger partial charge in [-0.2, -0.15) is 0 Å². The quantitative estimate of drug-likeness (QED) is 0.829. The van der Waals surface area contributed by atoms with Crippen LogP contribution in [-0.2, 0) is 6.54 Å². The molecule has 0 spiro atoms. The van der Waals surface area contributed by atoms with E-state index in [-0.39, 0.29) is 5.82 Å². The van der Waals surface area contributed by atoms with E-state index in [4.69, 9.17) is 4.42 Å². The first-order chi connectivity index (χ1) is 9.28. The second-order valence-corrected chi connectivity index (χ2v) is 4.38. The van der Waals surface area contributed by atoms with Gasteiger partial charge in [0.1, 0.15) is 11.6 Å². The van der Waals surface area contributed by atoms with Gasteiger partial charge in [-0.25, -0.2) is 4.39 Å². The van der Waals surface area contributed by atoms with E-state index in [0.717, 1.165) is 37.6 Å². The molecule has 0 saturated heterocycles. The van der Waals surface area contributed by atoms with Crippen molar-refractivity contribution >= 4 is 5.69 Å². The van der Waals surface area contributed by atoms with Crippen molar-refractivity contribution in [2.24, 2.45) is 0 Å². The fraction of sp³-hybridized carbons (Fsp3) is 0.333. The zero-order chi connectivity index (χ0) is 13.5. The van der Waals surface area contributed by atoms with Gasteiger partial charge in [-0.1, -0.05) is 6.92 Å². The number of hydrogen-bond donors (Lipinski definition) is 1. The molecule has 0 unspecified atom stereocenters. The van der Waals surface area contributed by atoms with E-state index in [1.807, 2.05) is 12.1 Å². The highest BCUT2D eigenvalue weighted by Gasteiger charge is 2.05. The zero-order valence-corrected chi connectivity index (χ0v) is 11.1. The SMILES string of the molecule is CCN(CCNc1ccc(F)cc1)Cc1ccco1. The van der Waals surface area contributed by atoms with Crippen molar-refractivity contribution in [1.29, 1.82) is 0 Å². The van der Waals surface area contributed by atoms with Crippen LogP contribution in [0.3, 0.4) is 0 Å². The maximum absolute atomic E-state index is 12.8. The number of hydrogen-bond acceptors (Lipinski definition) is 3. The summed E-state index contributed by atoms with van der Waals surface area (Å²) in [6, 6.07) is 10.3. The van der Waals surface area contributed by atoms with E-state index in [9.17, 15) is 4.39 Å². The van der Waals surface area contributed by atoms with Gasteiger partial charge in [0.25, 0.3) is 0 Å². The van der Waals surface area contributed by atoms with E-state index >= 15 is 0 Å². The van der Waals surface area contributed by atoms with Gasteiger partial charge in [-0.05, 0) is 42.9 Å². The normalized spacial score (nSPS) is 10.9. The Morgan fingerprint density at radius 3 is 2.63 bits per heavy atom. The minimum absolute atomic E-state index is 0.210. The van der Waals surface area contributed by atoms with Crippen molar-refractivity contribution in [2.45, 2.75) is 13.5 Å². The van der Waals surface area contributed by atoms with Gasteiger partial charge in [0.2, 0.25) is 0 Å². The lowest BCUT2D eigenvalue weighted by Gasteiger charge is -2.19. The summed E-state index contributed by atoms with van der Waals surface area (Å²) < 4.78 is 18.1. The number of nitrogens with one attached hydrogen (secondary N) is 1. The van der Waals surface area contributed by atoms with Crippen molar-refractivity contribution in [3.8, 4) is 0 Å². The van der Waals surface area contributed by atoms with Crippen LogP contribution >= 0.6 is 0 Å². The van der Waals surface area contributed by atoms with Gasteiger partial charge in [-0.15, -0.1) is 0 Å².